The molecule has 0 bridgehead atoms. The van der Waals surface area contributed by atoms with E-state index >= 15 is 0 Å². The van der Waals surface area contributed by atoms with E-state index in [1.165, 1.54) is 12.0 Å². The summed E-state index contributed by atoms with van der Waals surface area (Å²) in [5.74, 6) is 0.930. The Labute approximate surface area is 128 Å². The Morgan fingerprint density at radius 2 is 2.19 bits per heavy atom. The molecule has 1 heterocycles. The van der Waals surface area contributed by atoms with Gasteiger partial charge in [0, 0.05) is 18.7 Å². The van der Waals surface area contributed by atoms with Crippen LogP contribution >= 0.6 is 0 Å². The number of methoxy groups -OCH3 is 1. The van der Waals surface area contributed by atoms with Crippen LogP contribution in [-0.2, 0) is 4.74 Å². The molecule has 0 amide bonds. The molecule has 2 unspecified atom stereocenters. The lowest BCUT2D eigenvalue weighted by atomic mass is 9.98. The van der Waals surface area contributed by atoms with Crippen LogP contribution in [0.3, 0.4) is 0 Å². The third kappa shape index (κ3) is 4.19. The summed E-state index contributed by atoms with van der Waals surface area (Å²) in [6.07, 6.45) is 1.36. The minimum atomic E-state index is 0.168. The first-order chi connectivity index (χ1) is 10.3. The Morgan fingerprint density at radius 3 is 2.90 bits per heavy atom. The SMILES string of the molecule is CCCN1CCOC(C(NCC)c2ccccc2OC)C1. The molecule has 1 aliphatic rings. The van der Waals surface area contributed by atoms with Gasteiger partial charge in [-0.3, -0.25) is 4.90 Å². The molecule has 118 valence electrons. The van der Waals surface area contributed by atoms with E-state index in [2.05, 4.69) is 36.2 Å². The monoisotopic (exact) mass is 292 g/mol. The highest BCUT2D eigenvalue weighted by Gasteiger charge is 2.30. The fourth-order valence-corrected chi connectivity index (χ4v) is 3.04. The van der Waals surface area contributed by atoms with Crippen molar-refractivity contribution in [2.45, 2.75) is 32.4 Å². The van der Waals surface area contributed by atoms with Crippen molar-refractivity contribution in [3.05, 3.63) is 29.8 Å². The van der Waals surface area contributed by atoms with Crippen molar-refractivity contribution in [2.24, 2.45) is 0 Å². The predicted molar refractivity (Wildman–Crippen MR) is 85.9 cm³/mol. The summed E-state index contributed by atoms with van der Waals surface area (Å²) in [6, 6.07) is 8.40. The number of rotatable bonds is 7. The van der Waals surface area contributed by atoms with Gasteiger partial charge in [-0.05, 0) is 25.6 Å². The highest BCUT2D eigenvalue weighted by atomic mass is 16.5. The number of hydrogen-bond donors (Lipinski definition) is 1. The molecule has 4 heteroatoms. The average Bonchev–Trinajstić information content (AvgIpc) is 2.53. The van der Waals surface area contributed by atoms with Crippen LogP contribution in [-0.4, -0.2) is 50.9 Å². The summed E-state index contributed by atoms with van der Waals surface area (Å²) >= 11 is 0. The van der Waals surface area contributed by atoms with Crippen LogP contribution in [0.1, 0.15) is 31.9 Å². The molecule has 21 heavy (non-hydrogen) atoms. The fraction of sp³-hybridized carbons (Fsp3) is 0.647. The third-order valence-corrected chi connectivity index (χ3v) is 3.99. The predicted octanol–water partition coefficient (Wildman–Crippen LogP) is 2.46. The molecular weight excluding hydrogens is 264 g/mol. The largest absolute Gasteiger partial charge is 0.496 e. The van der Waals surface area contributed by atoms with Gasteiger partial charge in [0.2, 0.25) is 0 Å². The molecule has 0 radical (unpaired) electrons. The van der Waals surface area contributed by atoms with Crippen LogP contribution in [0.5, 0.6) is 5.75 Å². The van der Waals surface area contributed by atoms with E-state index in [9.17, 15) is 0 Å². The van der Waals surface area contributed by atoms with Gasteiger partial charge in [-0.25, -0.2) is 0 Å². The smallest absolute Gasteiger partial charge is 0.123 e. The Kier molecular flexibility index (Phi) is 6.49. The molecule has 1 aromatic rings. The maximum atomic E-state index is 6.06. The van der Waals surface area contributed by atoms with E-state index in [-0.39, 0.29) is 12.1 Å². The topological polar surface area (TPSA) is 33.7 Å². The second-order valence-electron chi connectivity index (χ2n) is 5.49. The Balaban J connectivity index is 2.17. The maximum Gasteiger partial charge on any atom is 0.123 e. The van der Waals surface area contributed by atoms with Crippen molar-refractivity contribution in [2.75, 3.05) is 39.9 Å². The summed E-state index contributed by atoms with van der Waals surface area (Å²) < 4.78 is 11.6. The first kappa shape index (κ1) is 16.3. The second kappa shape index (κ2) is 8.37. The fourth-order valence-electron chi connectivity index (χ4n) is 3.04. The van der Waals surface area contributed by atoms with Gasteiger partial charge in [0.25, 0.3) is 0 Å². The van der Waals surface area contributed by atoms with Gasteiger partial charge in [-0.15, -0.1) is 0 Å². The quantitative estimate of drug-likeness (QED) is 0.837. The number of morpholine rings is 1. The molecule has 1 aromatic carbocycles. The number of ether oxygens (including phenoxy) is 2. The van der Waals surface area contributed by atoms with E-state index < -0.39 is 0 Å². The zero-order valence-corrected chi connectivity index (χ0v) is 13.5. The third-order valence-electron chi connectivity index (χ3n) is 3.99. The molecule has 0 saturated carbocycles. The molecule has 0 aliphatic carbocycles. The summed E-state index contributed by atoms with van der Waals surface area (Å²) in [5, 5.41) is 3.57. The molecule has 0 aromatic heterocycles. The number of benzene rings is 1. The van der Waals surface area contributed by atoms with Crippen LogP contribution in [0.2, 0.25) is 0 Å². The van der Waals surface area contributed by atoms with Crippen LogP contribution in [0.15, 0.2) is 24.3 Å². The maximum absolute atomic E-state index is 6.06. The lowest BCUT2D eigenvalue weighted by molar-refractivity contribution is -0.0471. The van der Waals surface area contributed by atoms with Crippen molar-refractivity contribution >= 4 is 0 Å². The van der Waals surface area contributed by atoms with Gasteiger partial charge in [0.15, 0.2) is 0 Å². The summed E-state index contributed by atoms with van der Waals surface area (Å²) in [4.78, 5) is 2.49. The zero-order chi connectivity index (χ0) is 15.1. The highest BCUT2D eigenvalue weighted by Crippen LogP contribution is 2.29. The second-order valence-corrected chi connectivity index (χ2v) is 5.49. The molecule has 2 rings (SSSR count). The number of nitrogens with one attached hydrogen (secondary N) is 1. The molecular formula is C17H28N2O2. The molecule has 2 atom stereocenters. The molecule has 1 N–H and O–H groups in total. The number of hydrogen-bond acceptors (Lipinski definition) is 4. The van der Waals surface area contributed by atoms with Crippen molar-refractivity contribution in [1.29, 1.82) is 0 Å². The summed E-state index contributed by atoms with van der Waals surface area (Å²) in [6.45, 7) is 9.24. The first-order valence-electron chi connectivity index (χ1n) is 8.00. The van der Waals surface area contributed by atoms with Gasteiger partial charge in [-0.2, -0.15) is 0 Å². The molecule has 1 fully saturated rings. The molecule has 0 spiro atoms. The lowest BCUT2D eigenvalue weighted by Crippen LogP contribution is -2.48. The summed E-state index contributed by atoms with van der Waals surface area (Å²) in [5.41, 5.74) is 1.19. The zero-order valence-electron chi connectivity index (χ0n) is 13.5. The van der Waals surface area contributed by atoms with Crippen molar-refractivity contribution in [3.8, 4) is 5.75 Å². The van der Waals surface area contributed by atoms with E-state index in [4.69, 9.17) is 9.47 Å². The minimum Gasteiger partial charge on any atom is -0.496 e. The molecule has 4 nitrogen and oxygen atoms in total. The number of para-hydroxylation sites is 1. The lowest BCUT2D eigenvalue weighted by Gasteiger charge is -2.37. The van der Waals surface area contributed by atoms with Crippen molar-refractivity contribution < 1.29 is 9.47 Å². The summed E-state index contributed by atoms with van der Waals surface area (Å²) in [7, 11) is 1.73. The van der Waals surface area contributed by atoms with Crippen LogP contribution in [0, 0.1) is 0 Å². The van der Waals surface area contributed by atoms with Crippen LogP contribution in [0.25, 0.3) is 0 Å². The van der Waals surface area contributed by atoms with Gasteiger partial charge in [0.05, 0.1) is 25.9 Å². The van der Waals surface area contributed by atoms with Crippen molar-refractivity contribution in [1.82, 2.24) is 10.2 Å². The Hall–Kier alpha value is -1.10. The number of likely N-dealkylation sites (N-methyl/N-ethyl adjacent to an activating group) is 1. The highest BCUT2D eigenvalue weighted by molar-refractivity contribution is 5.36. The standard InChI is InChI=1S/C17H28N2O2/c1-4-10-19-11-12-21-16(13-19)17(18-5-2)14-8-6-7-9-15(14)20-3/h6-9,16-18H,4-5,10-13H2,1-3H3. The van der Waals surface area contributed by atoms with Gasteiger partial charge in [0.1, 0.15) is 5.75 Å². The first-order valence-corrected chi connectivity index (χ1v) is 8.00. The molecule has 1 aliphatic heterocycles. The average molecular weight is 292 g/mol. The van der Waals surface area contributed by atoms with Gasteiger partial charge in [-0.1, -0.05) is 32.0 Å². The van der Waals surface area contributed by atoms with Gasteiger partial charge < -0.3 is 14.8 Å². The molecule has 1 saturated heterocycles. The van der Waals surface area contributed by atoms with E-state index in [0.29, 0.717) is 0 Å². The minimum absolute atomic E-state index is 0.168. The van der Waals surface area contributed by atoms with E-state index in [0.717, 1.165) is 38.5 Å². The van der Waals surface area contributed by atoms with Crippen LogP contribution in [0.4, 0.5) is 0 Å². The normalized spacial score (nSPS) is 21.2. The van der Waals surface area contributed by atoms with Crippen molar-refractivity contribution in [3.63, 3.8) is 0 Å². The van der Waals surface area contributed by atoms with Crippen LogP contribution < -0.4 is 10.1 Å². The van der Waals surface area contributed by atoms with E-state index in [1.807, 2.05) is 12.1 Å². The van der Waals surface area contributed by atoms with E-state index in [1.54, 1.807) is 7.11 Å². The Morgan fingerprint density at radius 1 is 1.38 bits per heavy atom. The van der Waals surface area contributed by atoms with Gasteiger partial charge >= 0.3 is 0 Å². The number of nitrogens with zero attached hydrogens (tertiary/aromatic N) is 1. The Bertz CT molecular complexity index is 423.